The van der Waals surface area contributed by atoms with Crippen molar-refractivity contribution < 1.29 is 21.6 Å². The molecule has 2 N–H and O–H groups in total. The van der Waals surface area contributed by atoms with Crippen LogP contribution in [0.25, 0.3) is 5.65 Å². The summed E-state index contributed by atoms with van der Waals surface area (Å²) in [6.07, 6.45) is -4.68. The third-order valence-corrected chi connectivity index (χ3v) is 5.31. The summed E-state index contributed by atoms with van der Waals surface area (Å²) in [5.41, 5.74) is 1.23. The molecule has 0 saturated carbocycles. The standard InChI is InChI=1S/C12H16F3N7O2S/c1-7-8(2)10(20-3-5-21(6-4-20)25(16,23)24)19-22-9(7)17-18-11(22)12(13,14)15/h3-6H2,1-2H3,(H2,16,23,24). The van der Waals surface area contributed by atoms with Gasteiger partial charge in [-0.05, 0) is 13.8 Å². The summed E-state index contributed by atoms with van der Waals surface area (Å²) in [4.78, 5) is 1.73. The Balaban J connectivity index is 2.01. The first-order valence-electron chi connectivity index (χ1n) is 7.33. The number of aryl methyl sites for hydroxylation is 1. The minimum absolute atomic E-state index is 0.0387. The summed E-state index contributed by atoms with van der Waals surface area (Å²) in [5.74, 6) is -0.862. The number of aromatic nitrogens is 4. The molecule has 13 heteroatoms. The zero-order chi connectivity index (χ0) is 18.6. The zero-order valence-electron chi connectivity index (χ0n) is 13.4. The molecule has 1 saturated heterocycles. The number of hydrogen-bond donors (Lipinski definition) is 1. The molecule has 9 nitrogen and oxygen atoms in total. The van der Waals surface area contributed by atoms with Crippen LogP contribution >= 0.6 is 0 Å². The molecule has 0 unspecified atom stereocenters. The fourth-order valence-corrected chi connectivity index (χ4v) is 3.42. The second kappa shape index (κ2) is 5.78. The molecule has 1 fully saturated rings. The molecule has 0 spiro atoms. The topological polar surface area (TPSA) is 110 Å². The van der Waals surface area contributed by atoms with Crippen LogP contribution in [0.15, 0.2) is 0 Å². The highest BCUT2D eigenvalue weighted by Gasteiger charge is 2.38. The van der Waals surface area contributed by atoms with Gasteiger partial charge in [-0.15, -0.1) is 15.3 Å². The number of halogens is 3. The van der Waals surface area contributed by atoms with E-state index in [9.17, 15) is 21.6 Å². The van der Waals surface area contributed by atoms with E-state index >= 15 is 0 Å². The van der Waals surface area contributed by atoms with E-state index in [1.807, 2.05) is 0 Å². The number of nitrogens with zero attached hydrogens (tertiary/aromatic N) is 6. The van der Waals surface area contributed by atoms with E-state index < -0.39 is 22.2 Å². The third-order valence-electron chi connectivity index (χ3n) is 4.22. The quantitative estimate of drug-likeness (QED) is 0.792. The highest BCUT2D eigenvalue weighted by atomic mass is 32.2. The molecule has 2 aromatic rings. The molecular formula is C12H16F3N7O2S. The monoisotopic (exact) mass is 379 g/mol. The van der Waals surface area contributed by atoms with Gasteiger partial charge in [0.25, 0.3) is 16.0 Å². The summed E-state index contributed by atoms with van der Waals surface area (Å²) in [6.45, 7) is 4.16. The van der Waals surface area contributed by atoms with Crippen LogP contribution in [0.1, 0.15) is 17.0 Å². The predicted octanol–water partition coefficient (Wildman–Crippen LogP) is 0.0854. The molecule has 3 heterocycles. The van der Waals surface area contributed by atoms with Gasteiger partial charge in [-0.25, -0.2) is 5.14 Å². The van der Waals surface area contributed by atoms with Crippen molar-refractivity contribution in [2.75, 3.05) is 31.1 Å². The minimum Gasteiger partial charge on any atom is -0.352 e. The third kappa shape index (κ3) is 3.14. The first-order valence-corrected chi connectivity index (χ1v) is 8.83. The molecular weight excluding hydrogens is 363 g/mol. The van der Waals surface area contributed by atoms with Crippen LogP contribution in [0.4, 0.5) is 19.0 Å². The Morgan fingerprint density at radius 1 is 1.04 bits per heavy atom. The van der Waals surface area contributed by atoms with Gasteiger partial charge in [-0.2, -0.15) is 30.4 Å². The Hall–Kier alpha value is -1.99. The second-order valence-corrected chi connectivity index (χ2v) is 7.31. The van der Waals surface area contributed by atoms with E-state index in [1.54, 1.807) is 18.7 Å². The van der Waals surface area contributed by atoms with Crippen molar-refractivity contribution in [3.63, 3.8) is 0 Å². The largest absolute Gasteiger partial charge is 0.453 e. The van der Waals surface area contributed by atoms with Crippen LogP contribution in [-0.2, 0) is 16.4 Å². The summed E-state index contributed by atoms with van der Waals surface area (Å²) in [7, 11) is -3.79. The summed E-state index contributed by atoms with van der Waals surface area (Å²) < 4.78 is 63.8. The van der Waals surface area contributed by atoms with Crippen molar-refractivity contribution >= 4 is 21.7 Å². The summed E-state index contributed by atoms with van der Waals surface area (Å²) in [5, 5.41) is 16.0. The SMILES string of the molecule is Cc1c(N2CCN(S(N)(=O)=O)CC2)nn2c(C(F)(F)F)nnc2c1C. The number of anilines is 1. The van der Waals surface area contributed by atoms with Gasteiger partial charge in [-0.1, -0.05) is 0 Å². The van der Waals surface area contributed by atoms with Gasteiger partial charge in [0.15, 0.2) is 11.5 Å². The summed E-state index contributed by atoms with van der Waals surface area (Å²) >= 11 is 0. The molecule has 0 bridgehead atoms. The fourth-order valence-electron chi connectivity index (χ4n) is 2.75. The number of nitrogens with two attached hydrogens (primary N) is 1. The molecule has 0 aliphatic carbocycles. The van der Waals surface area contributed by atoms with Crippen molar-refractivity contribution in [3.8, 4) is 0 Å². The summed E-state index contributed by atoms with van der Waals surface area (Å²) in [6, 6.07) is 0. The number of hydrogen-bond acceptors (Lipinski definition) is 6. The molecule has 138 valence electrons. The maximum Gasteiger partial charge on any atom is 0.453 e. The van der Waals surface area contributed by atoms with Crippen molar-refractivity contribution in [3.05, 3.63) is 17.0 Å². The van der Waals surface area contributed by atoms with Gasteiger partial charge in [0.1, 0.15) is 0 Å². The molecule has 2 aromatic heterocycles. The van der Waals surface area contributed by atoms with Crippen LogP contribution in [0.2, 0.25) is 0 Å². The smallest absolute Gasteiger partial charge is 0.352 e. The van der Waals surface area contributed by atoms with Gasteiger partial charge in [0.2, 0.25) is 0 Å². The van der Waals surface area contributed by atoms with E-state index in [0.717, 1.165) is 4.31 Å². The molecule has 0 radical (unpaired) electrons. The Morgan fingerprint density at radius 2 is 1.64 bits per heavy atom. The molecule has 1 aliphatic rings. The van der Waals surface area contributed by atoms with E-state index in [-0.39, 0.29) is 31.8 Å². The van der Waals surface area contributed by atoms with E-state index in [1.165, 1.54) is 0 Å². The fraction of sp³-hybridized carbons (Fsp3) is 0.583. The van der Waals surface area contributed by atoms with Gasteiger partial charge < -0.3 is 4.90 Å². The number of piperazine rings is 1. The number of rotatable bonds is 2. The first kappa shape index (κ1) is 17.8. The van der Waals surface area contributed by atoms with Crippen LogP contribution in [0.3, 0.4) is 0 Å². The lowest BCUT2D eigenvalue weighted by Gasteiger charge is -2.34. The lowest BCUT2D eigenvalue weighted by Crippen LogP contribution is -2.51. The Morgan fingerprint density at radius 3 is 2.16 bits per heavy atom. The maximum atomic E-state index is 13.1. The Bertz CT molecular complexity index is 917. The van der Waals surface area contributed by atoms with Crippen LogP contribution < -0.4 is 10.0 Å². The van der Waals surface area contributed by atoms with Crippen molar-refractivity contribution in [1.82, 2.24) is 24.1 Å². The molecule has 1 aliphatic heterocycles. The van der Waals surface area contributed by atoms with Gasteiger partial charge >= 0.3 is 6.18 Å². The molecule has 0 amide bonds. The molecule has 0 aromatic carbocycles. The molecule has 25 heavy (non-hydrogen) atoms. The van der Waals surface area contributed by atoms with E-state index in [0.29, 0.717) is 21.5 Å². The average Bonchev–Trinajstić information content (AvgIpc) is 2.94. The van der Waals surface area contributed by atoms with Crippen molar-refractivity contribution in [1.29, 1.82) is 0 Å². The minimum atomic E-state index is -4.68. The maximum absolute atomic E-state index is 13.1. The van der Waals surface area contributed by atoms with Crippen LogP contribution in [0.5, 0.6) is 0 Å². The number of alkyl halides is 3. The van der Waals surface area contributed by atoms with Crippen molar-refractivity contribution in [2.24, 2.45) is 5.14 Å². The van der Waals surface area contributed by atoms with E-state index in [4.69, 9.17) is 5.14 Å². The lowest BCUT2D eigenvalue weighted by molar-refractivity contribution is -0.146. The zero-order valence-corrected chi connectivity index (χ0v) is 14.3. The van der Waals surface area contributed by atoms with Crippen molar-refractivity contribution in [2.45, 2.75) is 20.0 Å². The van der Waals surface area contributed by atoms with Gasteiger partial charge in [0, 0.05) is 37.3 Å². The van der Waals surface area contributed by atoms with Crippen LogP contribution in [-0.4, -0.2) is 58.7 Å². The Labute approximate surface area is 141 Å². The molecule has 3 rings (SSSR count). The average molecular weight is 379 g/mol. The first-order chi connectivity index (χ1) is 11.5. The Kier molecular flexibility index (Phi) is 4.12. The predicted molar refractivity (Wildman–Crippen MR) is 82.2 cm³/mol. The normalized spacial score (nSPS) is 17.4. The molecule has 0 atom stereocenters. The highest BCUT2D eigenvalue weighted by Crippen LogP contribution is 2.30. The van der Waals surface area contributed by atoms with E-state index in [2.05, 4.69) is 15.3 Å². The van der Waals surface area contributed by atoms with Gasteiger partial charge in [0.05, 0.1) is 0 Å². The van der Waals surface area contributed by atoms with Crippen LogP contribution in [0, 0.1) is 13.8 Å². The highest BCUT2D eigenvalue weighted by molar-refractivity contribution is 7.86. The number of fused-ring (bicyclic) bond motifs is 1. The lowest BCUT2D eigenvalue weighted by atomic mass is 10.1. The second-order valence-electron chi connectivity index (χ2n) is 5.76. The van der Waals surface area contributed by atoms with Gasteiger partial charge in [-0.3, -0.25) is 0 Å².